The second-order valence-electron chi connectivity index (χ2n) is 4.57. The molecule has 0 unspecified atom stereocenters. The van der Waals surface area contributed by atoms with E-state index >= 15 is 0 Å². The van der Waals surface area contributed by atoms with Gasteiger partial charge in [-0.25, -0.2) is 14.6 Å². The molecule has 0 atom stereocenters. The standard InChI is InChI=1S/C13H16N6O/c1-20-13-10(15-8-14)6-5-9(16-13)12-17-11-4-2-3-7-19(11)18-12/h5-6,8H,2-4,7H2,1H3,(H2,14,15). The van der Waals surface area contributed by atoms with E-state index in [2.05, 4.69) is 20.4 Å². The van der Waals surface area contributed by atoms with Crippen molar-refractivity contribution in [3.8, 4) is 17.4 Å². The van der Waals surface area contributed by atoms with Crippen molar-refractivity contribution in [1.82, 2.24) is 19.7 Å². The fourth-order valence-electron chi connectivity index (χ4n) is 2.30. The van der Waals surface area contributed by atoms with Gasteiger partial charge >= 0.3 is 0 Å². The Morgan fingerprint density at radius 1 is 1.35 bits per heavy atom. The predicted molar refractivity (Wildman–Crippen MR) is 75.1 cm³/mol. The summed E-state index contributed by atoms with van der Waals surface area (Å²) >= 11 is 0. The molecule has 0 amide bonds. The number of rotatable bonds is 4. The Kier molecular flexibility index (Phi) is 3.32. The molecule has 7 nitrogen and oxygen atoms in total. The molecule has 2 aromatic heterocycles. The van der Waals surface area contributed by atoms with E-state index in [0.29, 0.717) is 23.1 Å². The highest BCUT2D eigenvalue weighted by Crippen LogP contribution is 2.25. The molecule has 3 rings (SSSR count). The van der Waals surface area contributed by atoms with Crippen LogP contribution in [-0.2, 0) is 13.0 Å². The van der Waals surface area contributed by atoms with Gasteiger partial charge in [0, 0.05) is 13.0 Å². The topological polar surface area (TPSA) is 88.7 Å². The lowest BCUT2D eigenvalue weighted by Gasteiger charge is -2.09. The Morgan fingerprint density at radius 2 is 2.25 bits per heavy atom. The van der Waals surface area contributed by atoms with E-state index in [9.17, 15) is 0 Å². The predicted octanol–water partition coefficient (Wildman–Crippen LogP) is 1.70. The zero-order chi connectivity index (χ0) is 13.9. The van der Waals surface area contributed by atoms with E-state index in [0.717, 1.165) is 38.0 Å². The first-order valence-electron chi connectivity index (χ1n) is 6.56. The molecule has 0 saturated carbocycles. The summed E-state index contributed by atoms with van der Waals surface area (Å²) in [6.07, 6.45) is 4.37. The number of aryl methyl sites for hydroxylation is 2. The van der Waals surface area contributed by atoms with Gasteiger partial charge in [-0.3, -0.25) is 5.41 Å². The van der Waals surface area contributed by atoms with Gasteiger partial charge in [-0.1, -0.05) is 0 Å². The molecule has 20 heavy (non-hydrogen) atoms. The molecular weight excluding hydrogens is 256 g/mol. The van der Waals surface area contributed by atoms with Crippen molar-refractivity contribution < 1.29 is 4.74 Å². The molecule has 0 aromatic carbocycles. The lowest BCUT2D eigenvalue weighted by molar-refractivity contribution is 0.400. The molecule has 1 aliphatic rings. The highest BCUT2D eigenvalue weighted by molar-refractivity contribution is 5.76. The fraction of sp³-hybridized carbons (Fsp3) is 0.385. The summed E-state index contributed by atoms with van der Waals surface area (Å²) in [6, 6.07) is 3.64. The first kappa shape index (κ1) is 12.6. The molecule has 7 heteroatoms. The highest BCUT2D eigenvalue weighted by atomic mass is 16.5. The van der Waals surface area contributed by atoms with Crippen LogP contribution in [0.3, 0.4) is 0 Å². The van der Waals surface area contributed by atoms with Crippen LogP contribution in [-0.4, -0.2) is 33.2 Å². The monoisotopic (exact) mass is 272 g/mol. The van der Waals surface area contributed by atoms with Crippen molar-refractivity contribution in [2.75, 3.05) is 12.4 Å². The van der Waals surface area contributed by atoms with E-state index in [-0.39, 0.29) is 0 Å². The van der Waals surface area contributed by atoms with Gasteiger partial charge < -0.3 is 10.1 Å². The van der Waals surface area contributed by atoms with E-state index < -0.39 is 0 Å². The smallest absolute Gasteiger partial charge is 0.238 e. The number of nitrogens with zero attached hydrogens (tertiary/aromatic N) is 4. The first-order valence-corrected chi connectivity index (χ1v) is 6.56. The van der Waals surface area contributed by atoms with Crippen LogP contribution in [0, 0.1) is 5.41 Å². The molecule has 2 N–H and O–H groups in total. The second-order valence-corrected chi connectivity index (χ2v) is 4.57. The molecule has 0 radical (unpaired) electrons. The average molecular weight is 272 g/mol. The zero-order valence-electron chi connectivity index (χ0n) is 11.3. The van der Waals surface area contributed by atoms with Crippen molar-refractivity contribution in [1.29, 1.82) is 5.41 Å². The summed E-state index contributed by atoms with van der Waals surface area (Å²) in [5.41, 5.74) is 1.33. The summed E-state index contributed by atoms with van der Waals surface area (Å²) in [4.78, 5) is 8.94. The van der Waals surface area contributed by atoms with Crippen molar-refractivity contribution >= 4 is 12.0 Å². The SMILES string of the molecule is COc1nc(-c2nc3n(n2)CCCC3)ccc1NC=N. The summed E-state index contributed by atoms with van der Waals surface area (Å²) in [7, 11) is 1.55. The number of hydrogen-bond donors (Lipinski definition) is 2. The maximum Gasteiger partial charge on any atom is 0.238 e. The van der Waals surface area contributed by atoms with Crippen LogP contribution in [0.15, 0.2) is 12.1 Å². The van der Waals surface area contributed by atoms with Gasteiger partial charge in [0.1, 0.15) is 17.2 Å². The summed E-state index contributed by atoms with van der Waals surface area (Å²) in [5.74, 6) is 2.08. The number of aromatic nitrogens is 4. The Bertz CT molecular complexity index is 612. The molecule has 0 spiro atoms. The Morgan fingerprint density at radius 3 is 3.00 bits per heavy atom. The summed E-state index contributed by atoms with van der Waals surface area (Å²) in [6.45, 7) is 0.924. The van der Waals surface area contributed by atoms with Crippen LogP contribution in [0.1, 0.15) is 18.7 Å². The molecule has 104 valence electrons. The van der Waals surface area contributed by atoms with Gasteiger partial charge in [0.15, 0.2) is 5.82 Å². The maximum absolute atomic E-state index is 7.07. The number of nitrogens with one attached hydrogen (secondary N) is 2. The van der Waals surface area contributed by atoms with Gasteiger partial charge in [-0.15, -0.1) is 5.10 Å². The van der Waals surface area contributed by atoms with Crippen LogP contribution in [0.4, 0.5) is 5.69 Å². The van der Waals surface area contributed by atoms with E-state index in [4.69, 9.17) is 10.1 Å². The first-order chi connectivity index (χ1) is 9.81. The van der Waals surface area contributed by atoms with Crippen LogP contribution in [0.5, 0.6) is 5.88 Å². The van der Waals surface area contributed by atoms with E-state index in [1.54, 1.807) is 7.11 Å². The zero-order valence-corrected chi connectivity index (χ0v) is 11.3. The largest absolute Gasteiger partial charge is 0.479 e. The number of methoxy groups -OCH3 is 1. The van der Waals surface area contributed by atoms with Gasteiger partial charge in [0.25, 0.3) is 0 Å². The highest BCUT2D eigenvalue weighted by Gasteiger charge is 2.16. The minimum Gasteiger partial charge on any atom is -0.479 e. The lowest BCUT2D eigenvalue weighted by Crippen LogP contribution is -2.11. The third-order valence-corrected chi connectivity index (χ3v) is 3.28. The minimum atomic E-state index is 0.429. The Balaban J connectivity index is 1.97. The molecule has 1 aliphatic heterocycles. The van der Waals surface area contributed by atoms with E-state index in [1.165, 1.54) is 0 Å². The summed E-state index contributed by atoms with van der Waals surface area (Å²) in [5, 5.41) is 14.3. The Hall–Kier alpha value is -2.44. The van der Waals surface area contributed by atoms with Gasteiger partial charge in [0.05, 0.1) is 13.4 Å². The van der Waals surface area contributed by atoms with Crippen molar-refractivity contribution in [2.45, 2.75) is 25.8 Å². The minimum absolute atomic E-state index is 0.429. The molecular formula is C13H16N6O. The van der Waals surface area contributed by atoms with Gasteiger partial charge in [-0.05, 0) is 25.0 Å². The van der Waals surface area contributed by atoms with Crippen molar-refractivity contribution in [3.05, 3.63) is 18.0 Å². The molecule has 2 aromatic rings. The number of pyridine rings is 1. The molecule has 0 fully saturated rings. The Labute approximate surface area is 116 Å². The normalized spacial score (nSPS) is 13.7. The van der Waals surface area contributed by atoms with Gasteiger partial charge in [0.2, 0.25) is 5.88 Å². The second kappa shape index (κ2) is 5.28. The lowest BCUT2D eigenvalue weighted by atomic mass is 10.2. The van der Waals surface area contributed by atoms with Crippen LogP contribution in [0.2, 0.25) is 0 Å². The molecule has 0 aliphatic carbocycles. The van der Waals surface area contributed by atoms with Crippen molar-refractivity contribution in [2.24, 2.45) is 0 Å². The average Bonchev–Trinajstić information content (AvgIpc) is 2.92. The molecule has 0 bridgehead atoms. The molecule has 0 saturated heterocycles. The van der Waals surface area contributed by atoms with Crippen LogP contribution >= 0.6 is 0 Å². The van der Waals surface area contributed by atoms with Crippen LogP contribution < -0.4 is 10.1 Å². The number of anilines is 1. The van der Waals surface area contributed by atoms with Crippen LogP contribution in [0.25, 0.3) is 11.5 Å². The molecule has 3 heterocycles. The third kappa shape index (κ3) is 2.22. The van der Waals surface area contributed by atoms with E-state index in [1.807, 2.05) is 16.8 Å². The summed E-state index contributed by atoms with van der Waals surface area (Å²) < 4.78 is 7.18. The maximum atomic E-state index is 7.07. The number of hydrogen-bond acceptors (Lipinski definition) is 5. The number of fused-ring (bicyclic) bond motifs is 1. The quantitative estimate of drug-likeness (QED) is 0.653. The third-order valence-electron chi connectivity index (χ3n) is 3.28. The van der Waals surface area contributed by atoms with Crippen molar-refractivity contribution in [3.63, 3.8) is 0 Å². The number of ether oxygens (including phenoxy) is 1. The van der Waals surface area contributed by atoms with Gasteiger partial charge in [-0.2, -0.15) is 0 Å². The fourth-order valence-corrected chi connectivity index (χ4v) is 2.30.